The molecular weight excluding hydrogens is 411 g/mol. The summed E-state index contributed by atoms with van der Waals surface area (Å²) >= 11 is 0. The fraction of sp³-hybridized carbons (Fsp3) is 0.250. The topological polar surface area (TPSA) is 90.1 Å². The molecule has 0 fully saturated rings. The summed E-state index contributed by atoms with van der Waals surface area (Å²) in [5.74, 6) is -0.0653. The van der Waals surface area contributed by atoms with Gasteiger partial charge in [0, 0.05) is 5.56 Å². The molecule has 4 aromatic rings. The molecule has 1 aliphatic rings. The van der Waals surface area contributed by atoms with Crippen molar-refractivity contribution in [1.82, 2.24) is 20.4 Å². The van der Waals surface area contributed by atoms with Crippen molar-refractivity contribution in [3.63, 3.8) is 0 Å². The van der Waals surface area contributed by atoms with E-state index in [0.717, 1.165) is 24.8 Å². The molecule has 0 aliphatic heterocycles. The van der Waals surface area contributed by atoms with Gasteiger partial charge in [0.15, 0.2) is 6.61 Å². The smallest absolute Gasteiger partial charge is 0.265 e. The molecule has 1 N–H and O–H groups in total. The predicted octanol–water partition coefficient (Wildman–Crippen LogP) is 4.30. The van der Waals surface area contributed by atoms with Crippen LogP contribution in [0.15, 0.2) is 53.1 Å². The number of nitrogens with zero attached hydrogens (tertiary/aromatic N) is 3. The highest BCUT2D eigenvalue weighted by atomic mass is 19.1. The lowest BCUT2D eigenvalue weighted by molar-refractivity contribution is -0.124. The van der Waals surface area contributed by atoms with E-state index in [1.807, 2.05) is 12.1 Å². The number of rotatable bonds is 5. The lowest BCUT2D eigenvalue weighted by Crippen LogP contribution is -2.34. The van der Waals surface area contributed by atoms with Crippen LogP contribution in [0.3, 0.4) is 0 Å². The Kier molecular flexibility index (Phi) is 5.26. The van der Waals surface area contributed by atoms with Crippen LogP contribution in [-0.2, 0) is 11.2 Å². The zero-order chi connectivity index (χ0) is 22.1. The molecule has 0 saturated carbocycles. The van der Waals surface area contributed by atoms with Gasteiger partial charge in [0.1, 0.15) is 22.7 Å². The van der Waals surface area contributed by atoms with Gasteiger partial charge in [-0.2, -0.15) is 9.97 Å². The predicted molar refractivity (Wildman–Crippen MR) is 115 cm³/mol. The lowest BCUT2D eigenvalue weighted by atomic mass is 9.88. The van der Waals surface area contributed by atoms with Crippen LogP contribution in [0.4, 0.5) is 4.39 Å². The number of ether oxygens (including phenoxy) is 1. The molecule has 0 radical (unpaired) electrons. The van der Waals surface area contributed by atoms with Crippen molar-refractivity contribution in [3.05, 3.63) is 71.3 Å². The van der Waals surface area contributed by atoms with Crippen LogP contribution in [-0.4, -0.2) is 27.6 Å². The molecule has 2 heterocycles. The van der Waals surface area contributed by atoms with Gasteiger partial charge in [-0.05, 0) is 49.4 Å². The molecule has 32 heavy (non-hydrogen) atoms. The van der Waals surface area contributed by atoms with Crippen LogP contribution < -0.4 is 10.1 Å². The number of carbonyl (C=O) groups is 1. The minimum absolute atomic E-state index is 0.0401. The highest BCUT2D eigenvalue weighted by Crippen LogP contribution is 2.33. The van der Waals surface area contributed by atoms with E-state index in [1.54, 1.807) is 19.1 Å². The number of fused-ring (bicyclic) bond motifs is 2. The Labute approximate surface area is 183 Å². The van der Waals surface area contributed by atoms with Crippen molar-refractivity contribution in [2.45, 2.75) is 32.2 Å². The minimum atomic E-state index is -0.402. The Morgan fingerprint density at radius 3 is 2.97 bits per heavy atom. The maximum atomic E-state index is 13.7. The number of nitrogens with one attached hydrogen (secondary N) is 1. The lowest BCUT2D eigenvalue weighted by Gasteiger charge is -2.26. The van der Waals surface area contributed by atoms with Gasteiger partial charge in [-0.15, -0.1) is 0 Å². The first-order chi connectivity index (χ1) is 15.6. The normalized spacial score (nSPS) is 15.4. The molecule has 1 aliphatic carbocycles. The fourth-order valence-corrected chi connectivity index (χ4v) is 4.14. The van der Waals surface area contributed by atoms with Crippen LogP contribution >= 0.6 is 0 Å². The number of carbonyl (C=O) groups excluding carboxylic acids is 1. The van der Waals surface area contributed by atoms with Gasteiger partial charge < -0.3 is 14.6 Å². The number of aromatic nitrogens is 3. The first kappa shape index (κ1) is 20.1. The van der Waals surface area contributed by atoms with Crippen molar-refractivity contribution in [3.8, 4) is 17.1 Å². The number of halogens is 1. The van der Waals surface area contributed by atoms with Crippen LogP contribution in [0.2, 0.25) is 0 Å². The number of aryl methyl sites for hydroxylation is 2. The van der Waals surface area contributed by atoms with Crippen LogP contribution in [0, 0.1) is 12.7 Å². The molecule has 0 saturated heterocycles. The van der Waals surface area contributed by atoms with Gasteiger partial charge in [-0.25, -0.2) is 4.39 Å². The summed E-state index contributed by atoms with van der Waals surface area (Å²) in [6, 6.07) is 14.1. The third-order valence-electron chi connectivity index (χ3n) is 5.56. The van der Waals surface area contributed by atoms with Crippen LogP contribution in [0.25, 0.3) is 22.4 Å². The molecule has 162 valence electrons. The summed E-state index contributed by atoms with van der Waals surface area (Å²) in [6.07, 6.45) is 2.93. The average molecular weight is 432 g/mol. The zero-order valence-electron chi connectivity index (χ0n) is 17.5. The standard InChI is InChI=1S/C24H21FN4O3/c1-14-26-23(21-22(29-32-24(21)27-14)16-8-4-9-17(25)12-16)31-13-20(30)28-19-11-5-7-15-6-2-3-10-18(15)19/h2-4,6,8-10,12,19H,5,7,11,13H2,1H3,(H,28,30). The van der Waals surface area contributed by atoms with Gasteiger partial charge in [0.2, 0.25) is 5.88 Å². The Morgan fingerprint density at radius 2 is 2.09 bits per heavy atom. The monoisotopic (exact) mass is 432 g/mol. The molecular formula is C24H21FN4O3. The van der Waals surface area contributed by atoms with Crippen molar-refractivity contribution >= 4 is 17.0 Å². The first-order valence-electron chi connectivity index (χ1n) is 10.5. The van der Waals surface area contributed by atoms with Crippen LogP contribution in [0.1, 0.15) is 35.8 Å². The highest BCUT2D eigenvalue weighted by molar-refractivity contribution is 5.93. The van der Waals surface area contributed by atoms with Crippen molar-refractivity contribution in [1.29, 1.82) is 0 Å². The highest BCUT2D eigenvalue weighted by Gasteiger charge is 2.23. The van der Waals surface area contributed by atoms with Gasteiger partial charge in [0.05, 0.1) is 6.04 Å². The third kappa shape index (κ3) is 3.91. The number of amides is 1. The second-order valence-electron chi connectivity index (χ2n) is 7.80. The van der Waals surface area contributed by atoms with E-state index in [2.05, 4.69) is 32.6 Å². The molecule has 8 heteroatoms. The summed E-state index contributed by atoms with van der Waals surface area (Å²) in [5, 5.41) is 7.49. The molecule has 7 nitrogen and oxygen atoms in total. The van der Waals surface area contributed by atoms with E-state index in [4.69, 9.17) is 9.26 Å². The van der Waals surface area contributed by atoms with Gasteiger partial charge in [0.25, 0.3) is 11.6 Å². The number of hydrogen-bond acceptors (Lipinski definition) is 6. The summed E-state index contributed by atoms with van der Waals surface area (Å²) in [4.78, 5) is 21.3. The SMILES string of the molecule is Cc1nc(OCC(=O)NC2CCCc3ccccc32)c2c(-c3cccc(F)c3)noc2n1. The van der Waals surface area contributed by atoms with Gasteiger partial charge >= 0.3 is 0 Å². The number of benzene rings is 2. The fourth-order valence-electron chi connectivity index (χ4n) is 4.14. The van der Waals surface area contributed by atoms with E-state index in [0.29, 0.717) is 22.5 Å². The molecule has 2 aromatic carbocycles. The molecule has 1 atom stereocenters. The van der Waals surface area contributed by atoms with E-state index in [9.17, 15) is 9.18 Å². The molecule has 2 aromatic heterocycles. The second-order valence-corrected chi connectivity index (χ2v) is 7.80. The Morgan fingerprint density at radius 1 is 1.22 bits per heavy atom. The van der Waals surface area contributed by atoms with Crippen molar-refractivity contribution < 1.29 is 18.4 Å². The largest absolute Gasteiger partial charge is 0.467 e. The minimum Gasteiger partial charge on any atom is -0.467 e. The van der Waals surface area contributed by atoms with E-state index in [-0.39, 0.29) is 30.1 Å². The second kappa shape index (κ2) is 8.37. The van der Waals surface area contributed by atoms with Crippen molar-refractivity contribution in [2.24, 2.45) is 0 Å². The van der Waals surface area contributed by atoms with Crippen molar-refractivity contribution in [2.75, 3.05) is 6.61 Å². The molecule has 0 bridgehead atoms. The van der Waals surface area contributed by atoms with Gasteiger partial charge in [-0.1, -0.05) is 41.6 Å². The molecule has 1 amide bonds. The summed E-state index contributed by atoms with van der Waals surface area (Å²) in [5.41, 5.74) is 3.50. The quantitative estimate of drug-likeness (QED) is 0.506. The Balaban J connectivity index is 1.38. The van der Waals surface area contributed by atoms with Gasteiger partial charge in [-0.3, -0.25) is 4.79 Å². The molecule has 1 unspecified atom stereocenters. The summed E-state index contributed by atoms with van der Waals surface area (Å²) in [6.45, 7) is 1.47. The Hall–Kier alpha value is -3.81. The summed E-state index contributed by atoms with van der Waals surface area (Å²) in [7, 11) is 0. The molecule has 5 rings (SSSR count). The summed E-state index contributed by atoms with van der Waals surface area (Å²) < 4.78 is 24.8. The third-order valence-corrected chi connectivity index (χ3v) is 5.56. The maximum absolute atomic E-state index is 13.7. The van der Waals surface area contributed by atoms with E-state index in [1.165, 1.54) is 17.7 Å². The van der Waals surface area contributed by atoms with Crippen LogP contribution in [0.5, 0.6) is 5.88 Å². The maximum Gasteiger partial charge on any atom is 0.265 e. The van der Waals surface area contributed by atoms with E-state index >= 15 is 0 Å². The first-order valence-corrected chi connectivity index (χ1v) is 10.5. The number of hydrogen-bond donors (Lipinski definition) is 1. The van der Waals surface area contributed by atoms with E-state index < -0.39 is 5.82 Å². The zero-order valence-corrected chi connectivity index (χ0v) is 17.5. The Bertz CT molecular complexity index is 1300. The average Bonchev–Trinajstić information content (AvgIpc) is 3.22. The molecule has 0 spiro atoms.